The van der Waals surface area contributed by atoms with Crippen LogP contribution in [0.5, 0.6) is 0 Å². The van der Waals surface area contributed by atoms with Gasteiger partial charge in [0, 0.05) is 19.1 Å². The second-order valence-corrected chi connectivity index (χ2v) is 5.03. The van der Waals surface area contributed by atoms with Crippen molar-refractivity contribution in [2.24, 2.45) is 0 Å². The summed E-state index contributed by atoms with van der Waals surface area (Å²) in [6.07, 6.45) is 2.55. The van der Waals surface area contributed by atoms with Crippen molar-refractivity contribution in [2.45, 2.75) is 51.6 Å². The molecule has 16 heavy (non-hydrogen) atoms. The van der Waals surface area contributed by atoms with Crippen LogP contribution in [0.25, 0.3) is 0 Å². The molecule has 0 atom stereocenters. The second-order valence-electron chi connectivity index (χ2n) is 5.03. The highest BCUT2D eigenvalue weighted by molar-refractivity contribution is 5.79. The number of carboxylic acid groups (broad SMARTS) is 1. The third-order valence-corrected chi connectivity index (χ3v) is 3.22. The van der Waals surface area contributed by atoms with Crippen LogP contribution >= 0.6 is 0 Å². The Hall–Kier alpha value is -0.610. The molecule has 0 amide bonds. The van der Waals surface area contributed by atoms with Gasteiger partial charge in [0.1, 0.15) is 5.54 Å². The molecule has 0 radical (unpaired) electrons. The van der Waals surface area contributed by atoms with Gasteiger partial charge in [-0.05, 0) is 39.7 Å². The Morgan fingerprint density at radius 3 is 2.38 bits per heavy atom. The number of likely N-dealkylation sites (tertiary alicyclic amines) is 1. The normalized spacial score (nSPS) is 21.2. The van der Waals surface area contributed by atoms with Crippen molar-refractivity contribution < 1.29 is 9.90 Å². The predicted molar refractivity (Wildman–Crippen MR) is 64.6 cm³/mol. The van der Waals surface area contributed by atoms with Gasteiger partial charge in [0.05, 0.1) is 0 Å². The van der Waals surface area contributed by atoms with E-state index in [0.29, 0.717) is 12.8 Å². The quantitative estimate of drug-likeness (QED) is 0.745. The van der Waals surface area contributed by atoms with Crippen molar-refractivity contribution in [3.63, 3.8) is 0 Å². The molecule has 1 fully saturated rings. The molecule has 0 aromatic heterocycles. The zero-order valence-electron chi connectivity index (χ0n) is 10.6. The number of aliphatic carboxylic acids is 1. The largest absolute Gasteiger partial charge is 0.480 e. The number of carbonyl (C=O) groups is 1. The fourth-order valence-electron chi connectivity index (χ4n) is 2.45. The molecule has 0 aliphatic carbocycles. The Morgan fingerprint density at radius 1 is 1.44 bits per heavy atom. The van der Waals surface area contributed by atoms with E-state index in [9.17, 15) is 9.90 Å². The Kier molecular flexibility index (Phi) is 4.74. The number of rotatable bonds is 5. The van der Waals surface area contributed by atoms with Gasteiger partial charge < -0.3 is 10.0 Å². The lowest BCUT2D eigenvalue weighted by Gasteiger charge is -2.40. The van der Waals surface area contributed by atoms with E-state index in [1.165, 1.54) is 0 Å². The molecule has 0 saturated carbocycles. The zero-order valence-corrected chi connectivity index (χ0v) is 10.6. The van der Waals surface area contributed by atoms with E-state index in [1.807, 2.05) is 13.8 Å². The summed E-state index contributed by atoms with van der Waals surface area (Å²) in [6.45, 7) is 9.02. The number of nitrogens with zero attached hydrogens (tertiary/aromatic N) is 1. The molecule has 1 rings (SSSR count). The van der Waals surface area contributed by atoms with E-state index in [0.717, 1.165) is 26.1 Å². The third kappa shape index (κ3) is 3.19. The first kappa shape index (κ1) is 13.5. The molecule has 1 aliphatic rings. The van der Waals surface area contributed by atoms with E-state index in [4.69, 9.17) is 0 Å². The van der Waals surface area contributed by atoms with Crippen molar-refractivity contribution in [3.05, 3.63) is 0 Å². The topological polar surface area (TPSA) is 52.6 Å². The number of nitrogens with one attached hydrogen (secondary N) is 1. The van der Waals surface area contributed by atoms with Crippen molar-refractivity contribution >= 4 is 5.97 Å². The first-order valence-corrected chi connectivity index (χ1v) is 6.23. The summed E-state index contributed by atoms with van der Waals surface area (Å²) < 4.78 is 0. The molecule has 94 valence electrons. The van der Waals surface area contributed by atoms with Crippen LogP contribution in [0.2, 0.25) is 0 Å². The SMILES string of the molecule is CCCN1CCC(NC(C)C)(C(=O)O)CC1. The van der Waals surface area contributed by atoms with Crippen LogP contribution in [0.3, 0.4) is 0 Å². The Balaban J connectivity index is 2.59. The fourth-order valence-corrected chi connectivity index (χ4v) is 2.45. The molecule has 1 aliphatic heterocycles. The van der Waals surface area contributed by atoms with Crippen LogP contribution < -0.4 is 5.32 Å². The minimum Gasteiger partial charge on any atom is -0.480 e. The lowest BCUT2D eigenvalue weighted by atomic mass is 9.86. The van der Waals surface area contributed by atoms with E-state index in [1.54, 1.807) is 0 Å². The van der Waals surface area contributed by atoms with Crippen LogP contribution in [-0.2, 0) is 4.79 Å². The summed E-state index contributed by atoms with van der Waals surface area (Å²) in [5.41, 5.74) is -0.696. The molecular formula is C12H24N2O2. The van der Waals surface area contributed by atoms with Crippen LogP contribution in [0.1, 0.15) is 40.0 Å². The van der Waals surface area contributed by atoms with Crippen LogP contribution in [0.4, 0.5) is 0 Å². The molecule has 2 N–H and O–H groups in total. The van der Waals surface area contributed by atoms with Crippen LogP contribution in [0.15, 0.2) is 0 Å². The van der Waals surface area contributed by atoms with Crippen molar-refractivity contribution in [1.29, 1.82) is 0 Å². The molecule has 4 heteroatoms. The lowest BCUT2D eigenvalue weighted by molar-refractivity contribution is -0.147. The highest BCUT2D eigenvalue weighted by Crippen LogP contribution is 2.23. The first-order chi connectivity index (χ1) is 7.50. The Labute approximate surface area is 98.0 Å². The highest BCUT2D eigenvalue weighted by atomic mass is 16.4. The Bertz CT molecular complexity index is 233. The Morgan fingerprint density at radius 2 is 2.00 bits per heavy atom. The second kappa shape index (κ2) is 5.64. The maximum absolute atomic E-state index is 11.4. The van der Waals surface area contributed by atoms with Gasteiger partial charge in [-0.2, -0.15) is 0 Å². The van der Waals surface area contributed by atoms with Crippen molar-refractivity contribution in [1.82, 2.24) is 10.2 Å². The van der Waals surface area contributed by atoms with Gasteiger partial charge >= 0.3 is 5.97 Å². The molecule has 0 bridgehead atoms. The number of carboxylic acids is 1. The molecule has 1 heterocycles. The van der Waals surface area contributed by atoms with Gasteiger partial charge in [-0.25, -0.2) is 0 Å². The van der Waals surface area contributed by atoms with Gasteiger partial charge in [0.2, 0.25) is 0 Å². The van der Waals surface area contributed by atoms with Gasteiger partial charge in [-0.15, -0.1) is 0 Å². The maximum Gasteiger partial charge on any atom is 0.324 e. The van der Waals surface area contributed by atoms with Gasteiger partial charge in [0.15, 0.2) is 0 Å². The van der Waals surface area contributed by atoms with Crippen molar-refractivity contribution in [3.8, 4) is 0 Å². The monoisotopic (exact) mass is 228 g/mol. The van der Waals surface area contributed by atoms with Gasteiger partial charge in [-0.1, -0.05) is 6.92 Å². The predicted octanol–water partition coefficient (Wildman–Crippen LogP) is 1.31. The molecule has 1 saturated heterocycles. The van der Waals surface area contributed by atoms with E-state index in [-0.39, 0.29) is 6.04 Å². The van der Waals surface area contributed by atoms with E-state index < -0.39 is 11.5 Å². The molecule has 0 spiro atoms. The maximum atomic E-state index is 11.4. The number of hydrogen-bond donors (Lipinski definition) is 2. The summed E-state index contributed by atoms with van der Waals surface area (Å²) in [5.74, 6) is -0.697. The van der Waals surface area contributed by atoms with Crippen LogP contribution in [-0.4, -0.2) is 47.2 Å². The number of piperidine rings is 1. The first-order valence-electron chi connectivity index (χ1n) is 6.23. The molecular weight excluding hydrogens is 204 g/mol. The highest BCUT2D eigenvalue weighted by Gasteiger charge is 2.41. The number of hydrogen-bond acceptors (Lipinski definition) is 3. The molecule has 4 nitrogen and oxygen atoms in total. The summed E-state index contributed by atoms with van der Waals surface area (Å²) in [6, 6.07) is 0.217. The summed E-state index contributed by atoms with van der Waals surface area (Å²) >= 11 is 0. The summed E-state index contributed by atoms with van der Waals surface area (Å²) in [7, 11) is 0. The van der Waals surface area contributed by atoms with E-state index in [2.05, 4.69) is 17.1 Å². The fraction of sp³-hybridized carbons (Fsp3) is 0.917. The smallest absolute Gasteiger partial charge is 0.324 e. The van der Waals surface area contributed by atoms with Gasteiger partial charge in [-0.3, -0.25) is 10.1 Å². The summed E-state index contributed by atoms with van der Waals surface area (Å²) in [5, 5.41) is 12.6. The minimum absolute atomic E-state index is 0.217. The third-order valence-electron chi connectivity index (χ3n) is 3.22. The minimum atomic E-state index is -0.697. The average molecular weight is 228 g/mol. The summed E-state index contributed by atoms with van der Waals surface area (Å²) in [4.78, 5) is 13.7. The standard InChI is InChI=1S/C12H24N2O2/c1-4-7-14-8-5-12(6-9-14,11(15)16)13-10(2)3/h10,13H,4-9H2,1-3H3,(H,15,16). The average Bonchev–Trinajstić information content (AvgIpc) is 2.20. The molecule has 0 aromatic carbocycles. The van der Waals surface area contributed by atoms with Gasteiger partial charge in [0.25, 0.3) is 0 Å². The van der Waals surface area contributed by atoms with Crippen LogP contribution in [0, 0.1) is 0 Å². The lowest BCUT2D eigenvalue weighted by Crippen LogP contribution is -2.60. The molecule has 0 aromatic rings. The molecule has 0 unspecified atom stereocenters. The van der Waals surface area contributed by atoms with Crippen molar-refractivity contribution in [2.75, 3.05) is 19.6 Å². The van der Waals surface area contributed by atoms with E-state index >= 15 is 0 Å². The zero-order chi connectivity index (χ0) is 12.2.